The summed E-state index contributed by atoms with van der Waals surface area (Å²) < 4.78 is 37.7. The number of carboxylic acid groups (broad SMARTS) is 1. The Morgan fingerprint density at radius 3 is 2.29 bits per heavy atom. The van der Waals surface area contributed by atoms with E-state index in [1.807, 2.05) is 71.8 Å². The average Bonchev–Trinajstić information content (AvgIpc) is 3.45. The first kappa shape index (κ1) is 29.1. The van der Waals surface area contributed by atoms with Gasteiger partial charge in [0.25, 0.3) is 5.91 Å². The summed E-state index contributed by atoms with van der Waals surface area (Å²) in [5.41, 5.74) is 2.13. The summed E-state index contributed by atoms with van der Waals surface area (Å²) in [4.78, 5) is 46.2. The number of nitrogens with one attached hydrogen (secondary N) is 1. The Bertz CT molecular complexity index is 1470. The van der Waals surface area contributed by atoms with E-state index in [0.717, 1.165) is 29.5 Å². The van der Waals surface area contributed by atoms with Crippen molar-refractivity contribution in [1.82, 2.24) is 14.9 Å². The Labute approximate surface area is 233 Å². The van der Waals surface area contributed by atoms with Crippen LogP contribution in [0.5, 0.6) is 5.75 Å². The summed E-state index contributed by atoms with van der Waals surface area (Å²) in [7, 11) is 0. The standard InChI is InChI=1S/C27H26N4O3.C2HF3O2/c32-26(30-16-11-24(12-17-30)34-23-9-13-28-14-10-23)19-31(22-4-2-1-3-5-22)27(33)21-7-6-20-8-15-29-25(20)18-21;3-2(4,5)1(6)7/h1-10,13-15,18,24,29H,11-12,16-17,19H2;(H,6,7). The number of aromatic nitrogens is 2. The molecule has 4 aromatic rings. The van der Waals surface area contributed by atoms with Crippen LogP contribution in [0.4, 0.5) is 18.9 Å². The van der Waals surface area contributed by atoms with Crippen LogP contribution in [0.25, 0.3) is 10.9 Å². The van der Waals surface area contributed by atoms with E-state index in [0.29, 0.717) is 24.3 Å². The zero-order chi connectivity index (χ0) is 29.4. The number of benzene rings is 2. The molecule has 0 radical (unpaired) electrons. The van der Waals surface area contributed by atoms with Gasteiger partial charge >= 0.3 is 12.1 Å². The number of anilines is 1. The Morgan fingerprint density at radius 2 is 1.66 bits per heavy atom. The van der Waals surface area contributed by atoms with Gasteiger partial charge in [0.15, 0.2) is 0 Å². The molecule has 12 heteroatoms. The van der Waals surface area contributed by atoms with E-state index < -0.39 is 12.1 Å². The predicted molar refractivity (Wildman–Crippen MR) is 145 cm³/mol. The van der Waals surface area contributed by atoms with Crippen molar-refractivity contribution in [3.8, 4) is 5.75 Å². The minimum Gasteiger partial charge on any atom is -0.490 e. The molecule has 0 spiro atoms. The fourth-order valence-corrected chi connectivity index (χ4v) is 4.29. The number of aliphatic carboxylic acids is 1. The molecule has 0 saturated carbocycles. The SMILES string of the molecule is O=C(CN(C(=O)c1ccc2cc[nH]c2c1)c1ccccc1)N1CCC(Oc2ccncc2)CC1.O=C(O)C(F)(F)F. The Kier molecular flexibility index (Phi) is 9.23. The summed E-state index contributed by atoms with van der Waals surface area (Å²) in [5.74, 6) is -2.24. The molecule has 2 aromatic carbocycles. The van der Waals surface area contributed by atoms with Gasteiger partial charge in [-0.1, -0.05) is 24.3 Å². The zero-order valence-corrected chi connectivity index (χ0v) is 21.8. The first-order chi connectivity index (χ1) is 19.6. The van der Waals surface area contributed by atoms with E-state index >= 15 is 0 Å². The fourth-order valence-electron chi connectivity index (χ4n) is 4.29. The molecule has 5 rings (SSSR count). The molecule has 1 saturated heterocycles. The minimum absolute atomic E-state index is 0.0124. The predicted octanol–water partition coefficient (Wildman–Crippen LogP) is 4.91. The van der Waals surface area contributed by atoms with Crippen molar-refractivity contribution in [2.24, 2.45) is 0 Å². The van der Waals surface area contributed by atoms with Gasteiger partial charge in [0.1, 0.15) is 18.4 Å². The average molecular weight is 569 g/mol. The van der Waals surface area contributed by atoms with Gasteiger partial charge in [-0.15, -0.1) is 0 Å². The van der Waals surface area contributed by atoms with Gasteiger partial charge in [-0.05, 0) is 47.9 Å². The van der Waals surface area contributed by atoms with Crippen LogP contribution in [0.2, 0.25) is 0 Å². The molecular weight excluding hydrogens is 541 g/mol. The number of alkyl halides is 3. The maximum absolute atomic E-state index is 13.5. The molecule has 3 heterocycles. The third-order valence-corrected chi connectivity index (χ3v) is 6.40. The van der Waals surface area contributed by atoms with Crippen LogP contribution >= 0.6 is 0 Å². The zero-order valence-electron chi connectivity index (χ0n) is 21.8. The van der Waals surface area contributed by atoms with Gasteiger partial charge in [-0.3, -0.25) is 19.5 Å². The quantitative estimate of drug-likeness (QED) is 0.342. The molecule has 41 heavy (non-hydrogen) atoms. The van der Waals surface area contributed by atoms with Gasteiger partial charge in [0, 0.05) is 61.3 Å². The van der Waals surface area contributed by atoms with Crippen LogP contribution in [-0.2, 0) is 9.59 Å². The normalized spacial score (nSPS) is 13.7. The van der Waals surface area contributed by atoms with E-state index in [1.54, 1.807) is 23.4 Å². The Hall–Kier alpha value is -4.87. The van der Waals surface area contributed by atoms with Gasteiger partial charge in [0.05, 0.1) is 0 Å². The summed E-state index contributed by atoms with van der Waals surface area (Å²) in [6.45, 7) is 1.18. The van der Waals surface area contributed by atoms with Gasteiger partial charge < -0.3 is 19.7 Å². The first-order valence-electron chi connectivity index (χ1n) is 12.7. The van der Waals surface area contributed by atoms with Gasteiger partial charge in [0.2, 0.25) is 5.91 Å². The summed E-state index contributed by atoms with van der Waals surface area (Å²) in [6.07, 6.45) is 1.73. The number of nitrogens with zero attached hydrogens (tertiary/aromatic N) is 3. The highest BCUT2D eigenvalue weighted by atomic mass is 19.4. The monoisotopic (exact) mass is 568 g/mol. The van der Waals surface area contributed by atoms with Gasteiger partial charge in [-0.2, -0.15) is 13.2 Å². The lowest BCUT2D eigenvalue weighted by molar-refractivity contribution is -0.192. The molecule has 0 atom stereocenters. The number of pyridine rings is 1. The molecule has 1 aliphatic heterocycles. The molecule has 2 amide bonds. The number of para-hydroxylation sites is 1. The third kappa shape index (κ3) is 7.84. The number of carboxylic acids is 1. The van der Waals surface area contributed by atoms with E-state index in [4.69, 9.17) is 14.6 Å². The summed E-state index contributed by atoms with van der Waals surface area (Å²) in [6, 6.07) is 20.5. The summed E-state index contributed by atoms with van der Waals surface area (Å²) in [5, 5.41) is 8.16. The van der Waals surface area contributed by atoms with Crippen molar-refractivity contribution in [3.63, 3.8) is 0 Å². The number of ether oxygens (including phenoxy) is 1. The molecule has 1 fully saturated rings. The lowest BCUT2D eigenvalue weighted by atomic mass is 10.1. The number of carbonyl (C=O) groups excluding carboxylic acids is 2. The number of hydrogen-bond acceptors (Lipinski definition) is 5. The van der Waals surface area contributed by atoms with Gasteiger partial charge in [-0.25, -0.2) is 4.79 Å². The molecule has 0 bridgehead atoms. The molecule has 9 nitrogen and oxygen atoms in total. The Morgan fingerprint density at radius 1 is 1.00 bits per heavy atom. The van der Waals surface area contributed by atoms with Crippen LogP contribution in [-0.4, -0.2) is 69.7 Å². The third-order valence-electron chi connectivity index (χ3n) is 6.40. The van der Waals surface area contributed by atoms with Crippen molar-refractivity contribution in [2.75, 3.05) is 24.5 Å². The maximum atomic E-state index is 13.5. The van der Waals surface area contributed by atoms with E-state index in [2.05, 4.69) is 9.97 Å². The number of halogens is 3. The molecule has 2 aromatic heterocycles. The van der Waals surface area contributed by atoms with Crippen molar-refractivity contribution < 1.29 is 37.4 Å². The highest BCUT2D eigenvalue weighted by Crippen LogP contribution is 2.22. The van der Waals surface area contributed by atoms with Crippen molar-refractivity contribution in [3.05, 3.63) is 90.9 Å². The Balaban J connectivity index is 0.000000493. The highest BCUT2D eigenvalue weighted by Gasteiger charge is 2.38. The number of rotatable bonds is 6. The topological polar surface area (TPSA) is 116 Å². The molecule has 1 aliphatic rings. The lowest BCUT2D eigenvalue weighted by Gasteiger charge is -2.33. The largest absolute Gasteiger partial charge is 0.490 e. The highest BCUT2D eigenvalue weighted by molar-refractivity contribution is 6.10. The van der Waals surface area contributed by atoms with Crippen LogP contribution in [0.1, 0.15) is 23.2 Å². The lowest BCUT2D eigenvalue weighted by Crippen LogP contribution is -2.47. The number of likely N-dealkylation sites (tertiary alicyclic amines) is 1. The number of hydrogen-bond donors (Lipinski definition) is 2. The smallest absolute Gasteiger partial charge is 0.490 e. The second kappa shape index (κ2) is 13.0. The fraction of sp³-hybridized carbons (Fsp3) is 0.241. The number of H-pyrrole nitrogens is 1. The number of piperidine rings is 1. The van der Waals surface area contributed by atoms with Crippen molar-refractivity contribution in [1.29, 1.82) is 0 Å². The molecule has 2 N–H and O–H groups in total. The van der Waals surface area contributed by atoms with E-state index in [-0.39, 0.29) is 24.5 Å². The minimum atomic E-state index is -5.08. The molecular formula is C29H27F3N4O5. The van der Waals surface area contributed by atoms with Crippen molar-refractivity contribution >= 4 is 34.4 Å². The van der Waals surface area contributed by atoms with E-state index in [9.17, 15) is 22.8 Å². The number of carbonyl (C=O) groups is 3. The van der Waals surface area contributed by atoms with Crippen LogP contribution in [0.15, 0.2) is 85.3 Å². The maximum Gasteiger partial charge on any atom is 0.490 e. The second-order valence-electron chi connectivity index (χ2n) is 9.19. The second-order valence-corrected chi connectivity index (χ2v) is 9.19. The molecule has 0 aliphatic carbocycles. The van der Waals surface area contributed by atoms with Crippen LogP contribution in [0.3, 0.4) is 0 Å². The number of aromatic amines is 1. The van der Waals surface area contributed by atoms with Crippen LogP contribution < -0.4 is 9.64 Å². The number of amides is 2. The van der Waals surface area contributed by atoms with Crippen molar-refractivity contribution in [2.45, 2.75) is 25.1 Å². The van der Waals surface area contributed by atoms with E-state index in [1.165, 1.54) is 0 Å². The van der Waals surface area contributed by atoms with Crippen LogP contribution in [0, 0.1) is 0 Å². The molecule has 0 unspecified atom stereocenters. The summed E-state index contributed by atoms with van der Waals surface area (Å²) >= 11 is 0. The number of fused-ring (bicyclic) bond motifs is 1. The first-order valence-corrected chi connectivity index (χ1v) is 12.7. The molecule has 214 valence electrons.